The van der Waals surface area contributed by atoms with Gasteiger partial charge in [0.15, 0.2) is 6.10 Å². The Morgan fingerprint density at radius 1 is 1.20 bits per heavy atom. The van der Waals surface area contributed by atoms with Gasteiger partial charge in [-0.1, -0.05) is 35.9 Å². The number of amides is 2. The Morgan fingerprint density at radius 2 is 1.96 bits per heavy atom. The second-order valence-corrected chi connectivity index (χ2v) is 6.49. The molecule has 5 nitrogen and oxygen atoms in total. The number of benzene rings is 2. The third-order valence-electron chi connectivity index (χ3n) is 4.11. The fraction of sp³-hybridized carbons (Fsp3) is 0.263. The predicted octanol–water partition coefficient (Wildman–Crippen LogP) is 3.29. The Kier molecular flexibility index (Phi) is 5.06. The average molecular weight is 359 g/mol. The minimum Gasteiger partial charge on any atom is -0.363 e. The fourth-order valence-electron chi connectivity index (χ4n) is 2.82. The summed E-state index contributed by atoms with van der Waals surface area (Å²) in [5.41, 5.74) is 2.82. The summed E-state index contributed by atoms with van der Waals surface area (Å²) in [4.78, 5) is 26.3. The molecule has 1 unspecified atom stereocenters. The van der Waals surface area contributed by atoms with Crippen molar-refractivity contribution >= 4 is 29.1 Å². The Morgan fingerprint density at radius 3 is 2.72 bits per heavy atom. The van der Waals surface area contributed by atoms with Crippen LogP contribution in [0.4, 0.5) is 5.69 Å². The minimum absolute atomic E-state index is 0.161. The zero-order chi connectivity index (χ0) is 18.0. The smallest absolute Gasteiger partial charge is 0.258 e. The lowest BCUT2D eigenvalue weighted by Gasteiger charge is -2.25. The molecule has 2 aromatic rings. The van der Waals surface area contributed by atoms with Gasteiger partial charge in [-0.15, -0.1) is 0 Å². The molecule has 0 radical (unpaired) electrons. The first-order valence-corrected chi connectivity index (χ1v) is 8.36. The maximum absolute atomic E-state index is 12.7. The second-order valence-electron chi connectivity index (χ2n) is 6.08. The summed E-state index contributed by atoms with van der Waals surface area (Å²) >= 11 is 6.18. The van der Waals surface area contributed by atoms with Gasteiger partial charge in [0.05, 0.1) is 17.3 Å². The molecule has 0 aromatic heterocycles. The maximum Gasteiger partial charge on any atom is 0.258 e. The van der Waals surface area contributed by atoms with Crippen LogP contribution in [0.15, 0.2) is 42.5 Å². The van der Waals surface area contributed by atoms with Gasteiger partial charge in [0.25, 0.3) is 11.8 Å². The average Bonchev–Trinajstić information content (AvgIpc) is 2.62. The first kappa shape index (κ1) is 17.5. The van der Waals surface area contributed by atoms with E-state index in [1.54, 1.807) is 32.3 Å². The van der Waals surface area contributed by atoms with Gasteiger partial charge in [-0.25, -0.2) is 0 Å². The summed E-state index contributed by atoms with van der Waals surface area (Å²) in [7, 11) is 3.34. The molecule has 2 aromatic carbocycles. The van der Waals surface area contributed by atoms with Crippen LogP contribution < -0.4 is 5.32 Å². The van der Waals surface area contributed by atoms with Crippen LogP contribution in [0.1, 0.15) is 27.6 Å². The SMILES string of the molecule is CN(C)C(=O)c1ccc(Cl)c(NC(=O)C2OCCc3ccccc32)c1. The zero-order valence-electron chi connectivity index (χ0n) is 14.1. The molecule has 0 bridgehead atoms. The van der Waals surface area contributed by atoms with Crippen molar-refractivity contribution in [1.29, 1.82) is 0 Å². The molecule has 0 aliphatic carbocycles. The monoisotopic (exact) mass is 358 g/mol. The number of halogens is 1. The van der Waals surface area contributed by atoms with Crippen molar-refractivity contribution in [2.75, 3.05) is 26.0 Å². The largest absolute Gasteiger partial charge is 0.363 e. The first-order chi connectivity index (χ1) is 12.0. The van der Waals surface area contributed by atoms with Crippen molar-refractivity contribution in [2.45, 2.75) is 12.5 Å². The highest BCUT2D eigenvalue weighted by Crippen LogP contribution is 2.30. The number of anilines is 1. The molecule has 1 N–H and O–H groups in total. The number of hydrogen-bond acceptors (Lipinski definition) is 3. The summed E-state index contributed by atoms with van der Waals surface area (Å²) in [5.74, 6) is -0.463. The fourth-order valence-corrected chi connectivity index (χ4v) is 2.99. The summed E-state index contributed by atoms with van der Waals surface area (Å²) in [6.07, 6.45) is 0.0993. The van der Waals surface area contributed by atoms with Crippen LogP contribution in [0.25, 0.3) is 0 Å². The van der Waals surface area contributed by atoms with Gasteiger partial charge in [-0.05, 0) is 35.7 Å². The number of fused-ring (bicyclic) bond motifs is 1. The molecule has 6 heteroatoms. The molecule has 130 valence electrons. The van der Waals surface area contributed by atoms with Crippen molar-refractivity contribution in [1.82, 2.24) is 4.90 Å². The molecule has 1 aliphatic rings. The van der Waals surface area contributed by atoms with Crippen molar-refractivity contribution in [3.8, 4) is 0 Å². The van der Waals surface area contributed by atoms with E-state index in [4.69, 9.17) is 16.3 Å². The lowest BCUT2D eigenvalue weighted by atomic mass is 9.97. The Bertz CT molecular complexity index is 820. The van der Waals surface area contributed by atoms with E-state index in [1.165, 1.54) is 4.90 Å². The van der Waals surface area contributed by atoms with E-state index in [1.807, 2.05) is 24.3 Å². The number of nitrogens with zero attached hydrogens (tertiary/aromatic N) is 1. The van der Waals surface area contributed by atoms with E-state index < -0.39 is 6.10 Å². The van der Waals surface area contributed by atoms with E-state index >= 15 is 0 Å². The van der Waals surface area contributed by atoms with Gasteiger partial charge >= 0.3 is 0 Å². The molecular weight excluding hydrogens is 340 g/mol. The van der Waals surface area contributed by atoms with Gasteiger partial charge in [0.2, 0.25) is 0 Å². The minimum atomic E-state index is -0.686. The highest BCUT2D eigenvalue weighted by Gasteiger charge is 2.27. The summed E-state index contributed by atoms with van der Waals surface area (Å²) in [6.45, 7) is 0.488. The van der Waals surface area contributed by atoms with Crippen LogP contribution in [-0.4, -0.2) is 37.4 Å². The van der Waals surface area contributed by atoms with Gasteiger partial charge < -0.3 is 15.0 Å². The topological polar surface area (TPSA) is 58.6 Å². The maximum atomic E-state index is 12.7. The van der Waals surface area contributed by atoms with E-state index in [2.05, 4.69) is 5.32 Å². The normalized spacial score (nSPS) is 16.0. The Hall–Kier alpha value is -2.37. The zero-order valence-corrected chi connectivity index (χ0v) is 14.8. The van der Waals surface area contributed by atoms with Crippen LogP contribution in [0, 0.1) is 0 Å². The molecule has 1 aliphatic heterocycles. The van der Waals surface area contributed by atoms with Crippen molar-refractivity contribution in [3.05, 3.63) is 64.2 Å². The summed E-state index contributed by atoms with van der Waals surface area (Å²) in [6, 6.07) is 12.5. The highest BCUT2D eigenvalue weighted by molar-refractivity contribution is 6.34. The van der Waals surface area contributed by atoms with Gasteiger partial charge in [-0.3, -0.25) is 9.59 Å². The van der Waals surface area contributed by atoms with Crippen LogP contribution >= 0.6 is 11.6 Å². The van der Waals surface area contributed by atoms with Crippen LogP contribution in [0.5, 0.6) is 0 Å². The van der Waals surface area contributed by atoms with E-state index in [0.29, 0.717) is 22.9 Å². The Labute approximate surface area is 151 Å². The molecule has 1 atom stereocenters. The third kappa shape index (κ3) is 3.67. The molecule has 0 fully saturated rings. The number of carbonyl (C=O) groups excluding carboxylic acids is 2. The quantitative estimate of drug-likeness (QED) is 0.915. The molecule has 3 rings (SSSR count). The van der Waals surface area contributed by atoms with E-state index in [-0.39, 0.29) is 11.8 Å². The molecule has 0 spiro atoms. The van der Waals surface area contributed by atoms with E-state index in [9.17, 15) is 9.59 Å². The van der Waals surface area contributed by atoms with Crippen molar-refractivity contribution in [3.63, 3.8) is 0 Å². The lowest BCUT2D eigenvalue weighted by Crippen LogP contribution is -2.28. The standard InChI is InChI=1S/C19H19ClN2O3/c1-22(2)19(24)13-7-8-15(20)16(11-13)21-18(23)17-14-6-4-3-5-12(14)9-10-25-17/h3-8,11,17H,9-10H2,1-2H3,(H,21,23). The molecule has 2 amide bonds. The van der Waals surface area contributed by atoms with Crippen LogP contribution in [-0.2, 0) is 16.0 Å². The molecular formula is C19H19ClN2O3. The van der Waals surface area contributed by atoms with Crippen molar-refractivity contribution in [2.24, 2.45) is 0 Å². The first-order valence-electron chi connectivity index (χ1n) is 7.99. The number of carbonyl (C=O) groups is 2. The molecule has 25 heavy (non-hydrogen) atoms. The van der Waals surface area contributed by atoms with Gasteiger partial charge in [0.1, 0.15) is 0 Å². The number of hydrogen-bond donors (Lipinski definition) is 1. The second kappa shape index (κ2) is 7.25. The molecule has 0 saturated carbocycles. The lowest BCUT2D eigenvalue weighted by molar-refractivity contribution is -0.128. The molecule has 0 saturated heterocycles. The Balaban J connectivity index is 1.84. The third-order valence-corrected chi connectivity index (χ3v) is 4.44. The van der Waals surface area contributed by atoms with E-state index in [0.717, 1.165) is 17.5 Å². The predicted molar refractivity (Wildman–Crippen MR) is 96.9 cm³/mol. The van der Waals surface area contributed by atoms with Crippen molar-refractivity contribution < 1.29 is 14.3 Å². The summed E-state index contributed by atoms with van der Waals surface area (Å²) < 4.78 is 5.66. The highest BCUT2D eigenvalue weighted by atomic mass is 35.5. The van der Waals surface area contributed by atoms with Crippen LogP contribution in [0.2, 0.25) is 5.02 Å². The number of rotatable bonds is 3. The van der Waals surface area contributed by atoms with Crippen LogP contribution in [0.3, 0.4) is 0 Å². The van der Waals surface area contributed by atoms with Gasteiger partial charge in [0, 0.05) is 19.7 Å². The molecule has 1 heterocycles. The number of nitrogens with one attached hydrogen (secondary N) is 1. The number of ether oxygens (including phenoxy) is 1. The van der Waals surface area contributed by atoms with Gasteiger partial charge in [-0.2, -0.15) is 0 Å². The summed E-state index contributed by atoms with van der Waals surface area (Å²) in [5, 5.41) is 3.16.